The highest BCUT2D eigenvalue weighted by Crippen LogP contribution is 2.33. The Hall–Kier alpha value is -2.54. The fourth-order valence-electron chi connectivity index (χ4n) is 1.85. The van der Waals surface area contributed by atoms with Crippen LogP contribution in [0.1, 0.15) is 5.56 Å². The minimum Gasteiger partial charge on any atom is -0.493 e. The third-order valence-electron chi connectivity index (χ3n) is 2.81. The molecule has 0 atom stereocenters. The first-order valence-electron chi connectivity index (χ1n) is 5.62. The van der Waals surface area contributed by atoms with E-state index in [-0.39, 0.29) is 5.56 Å². The Kier molecular flexibility index (Phi) is 3.67. The standard InChI is InChI=1S/C15H12FNO2/c1-18-13-7-6-10(8-14(13)19-2)12-5-3-4-11(9-17)15(12)16/h3-8H,1-2H3. The van der Waals surface area contributed by atoms with Crippen LogP contribution < -0.4 is 9.47 Å². The van der Waals surface area contributed by atoms with Gasteiger partial charge in [0, 0.05) is 5.56 Å². The molecule has 0 aromatic heterocycles. The van der Waals surface area contributed by atoms with Crippen LogP contribution in [0.4, 0.5) is 4.39 Å². The molecular weight excluding hydrogens is 245 g/mol. The predicted octanol–water partition coefficient (Wildman–Crippen LogP) is 3.38. The van der Waals surface area contributed by atoms with E-state index < -0.39 is 5.82 Å². The first-order chi connectivity index (χ1) is 9.21. The van der Waals surface area contributed by atoms with E-state index in [0.717, 1.165) is 0 Å². The molecule has 2 aromatic rings. The second-order valence-corrected chi connectivity index (χ2v) is 3.85. The van der Waals surface area contributed by atoms with Gasteiger partial charge < -0.3 is 9.47 Å². The highest BCUT2D eigenvalue weighted by Gasteiger charge is 2.12. The molecule has 0 N–H and O–H groups in total. The molecule has 3 nitrogen and oxygen atoms in total. The van der Waals surface area contributed by atoms with Crippen molar-refractivity contribution in [2.24, 2.45) is 0 Å². The van der Waals surface area contributed by atoms with E-state index in [2.05, 4.69) is 0 Å². The number of nitriles is 1. The lowest BCUT2D eigenvalue weighted by Gasteiger charge is -2.10. The minimum absolute atomic E-state index is 0.0206. The number of rotatable bonds is 3. The van der Waals surface area contributed by atoms with Gasteiger partial charge in [0.15, 0.2) is 11.5 Å². The zero-order valence-electron chi connectivity index (χ0n) is 10.6. The molecule has 2 rings (SSSR count). The number of benzene rings is 2. The Balaban J connectivity index is 2.57. The van der Waals surface area contributed by atoms with Crippen LogP contribution in [0, 0.1) is 17.1 Å². The zero-order chi connectivity index (χ0) is 13.8. The average Bonchev–Trinajstić information content (AvgIpc) is 2.46. The molecule has 19 heavy (non-hydrogen) atoms. The Morgan fingerprint density at radius 2 is 1.79 bits per heavy atom. The summed E-state index contributed by atoms with van der Waals surface area (Å²) in [6.07, 6.45) is 0. The second-order valence-electron chi connectivity index (χ2n) is 3.85. The number of ether oxygens (including phenoxy) is 2. The summed E-state index contributed by atoms with van der Waals surface area (Å²) >= 11 is 0. The first-order valence-corrected chi connectivity index (χ1v) is 5.62. The number of hydrogen-bond donors (Lipinski definition) is 0. The quantitative estimate of drug-likeness (QED) is 0.846. The van der Waals surface area contributed by atoms with Crippen LogP contribution in [-0.4, -0.2) is 14.2 Å². The van der Waals surface area contributed by atoms with Crippen molar-refractivity contribution in [2.45, 2.75) is 0 Å². The van der Waals surface area contributed by atoms with Gasteiger partial charge in [-0.25, -0.2) is 4.39 Å². The lowest BCUT2D eigenvalue weighted by atomic mass is 10.0. The maximum absolute atomic E-state index is 14.1. The normalized spacial score (nSPS) is 9.79. The zero-order valence-corrected chi connectivity index (χ0v) is 10.6. The third-order valence-corrected chi connectivity index (χ3v) is 2.81. The van der Waals surface area contributed by atoms with Crippen LogP contribution in [0.15, 0.2) is 36.4 Å². The van der Waals surface area contributed by atoms with Crippen molar-refractivity contribution >= 4 is 0 Å². The Bertz CT molecular complexity index is 647. The molecule has 0 heterocycles. The van der Waals surface area contributed by atoms with Gasteiger partial charge >= 0.3 is 0 Å². The number of halogens is 1. The van der Waals surface area contributed by atoms with Crippen LogP contribution in [0.3, 0.4) is 0 Å². The van der Waals surface area contributed by atoms with E-state index in [1.165, 1.54) is 20.3 Å². The maximum atomic E-state index is 14.1. The van der Waals surface area contributed by atoms with Crippen molar-refractivity contribution in [1.82, 2.24) is 0 Å². The van der Waals surface area contributed by atoms with Crippen LogP contribution in [-0.2, 0) is 0 Å². The summed E-state index contributed by atoms with van der Waals surface area (Å²) < 4.78 is 24.4. The largest absolute Gasteiger partial charge is 0.493 e. The lowest BCUT2D eigenvalue weighted by Crippen LogP contribution is -1.93. The highest BCUT2D eigenvalue weighted by molar-refractivity contribution is 5.69. The van der Waals surface area contributed by atoms with Gasteiger partial charge in [-0.3, -0.25) is 0 Å². The first kappa shape index (κ1) is 12.9. The second kappa shape index (κ2) is 5.40. The molecule has 2 aromatic carbocycles. The molecule has 96 valence electrons. The molecule has 0 aliphatic heterocycles. The molecule has 0 bridgehead atoms. The molecule has 0 amide bonds. The number of nitrogens with zero attached hydrogens (tertiary/aromatic N) is 1. The molecule has 0 unspecified atom stereocenters. The smallest absolute Gasteiger partial charge is 0.161 e. The molecule has 0 saturated carbocycles. The molecule has 0 aliphatic rings. The van der Waals surface area contributed by atoms with Crippen molar-refractivity contribution in [3.05, 3.63) is 47.8 Å². The van der Waals surface area contributed by atoms with Crippen molar-refractivity contribution < 1.29 is 13.9 Å². The van der Waals surface area contributed by atoms with Crippen molar-refractivity contribution in [2.75, 3.05) is 14.2 Å². The summed E-state index contributed by atoms with van der Waals surface area (Å²) in [5.41, 5.74) is 1.01. The van der Waals surface area contributed by atoms with Crippen LogP contribution in [0.5, 0.6) is 11.5 Å². The van der Waals surface area contributed by atoms with E-state index in [4.69, 9.17) is 14.7 Å². The van der Waals surface area contributed by atoms with Gasteiger partial charge in [0.25, 0.3) is 0 Å². The topological polar surface area (TPSA) is 42.2 Å². The van der Waals surface area contributed by atoms with Gasteiger partial charge in [-0.2, -0.15) is 5.26 Å². The summed E-state index contributed by atoms with van der Waals surface area (Å²) in [4.78, 5) is 0. The average molecular weight is 257 g/mol. The predicted molar refractivity (Wildman–Crippen MR) is 69.7 cm³/mol. The van der Waals surface area contributed by atoms with Gasteiger partial charge in [-0.1, -0.05) is 18.2 Å². The summed E-state index contributed by atoms with van der Waals surface area (Å²) in [5, 5.41) is 8.84. The fraction of sp³-hybridized carbons (Fsp3) is 0.133. The van der Waals surface area contributed by atoms with Crippen molar-refractivity contribution in [1.29, 1.82) is 5.26 Å². The lowest BCUT2D eigenvalue weighted by molar-refractivity contribution is 0.355. The van der Waals surface area contributed by atoms with Crippen molar-refractivity contribution in [3.8, 4) is 28.7 Å². The van der Waals surface area contributed by atoms with Crippen LogP contribution >= 0.6 is 0 Å². The minimum atomic E-state index is -0.530. The van der Waals surface area contributed by atoms with E-state index in [0.29, 0.717) is 22.6 Å². The molecule has 0 fully saturated rings. The Labute approximate surface area is 110 Å². The van der Waals surface area contributed by atoms with Gasteiger partial charge in [-0.05, 0) is 23.8 Å². The van der Waals surface area contributed by atoms with Gasteiger partial charge in [0.05, 0.1) is 19.8 Å². The van der Waals surface area contributed by atoms with E-state index >= 15 is 0 Å². The molecule has 0 spiro atoms. The maximum Gasteiger partial charge on any atom is 0.161 e. The Morgan fingerprint density at radius 3 is 2.42 bits per heavy atom. The Morgan fingerprint density at radius 1 is 1.05 bits per heavy atom. The summed E-state index contributed by atoms with van der Waals surface area (Å²) in [5.74, 6) is 0.557. The summed E-state index contributed by atoms with van der Waals surface area (Å²) in [7, 11) is 3.05. The SMILES string of the molecule is COc1ccc(-c2cccc(C#N)c2F)cc1OC. The van der Waals surface area contributed by atoms with Gasteiger partial charge in [0.1, 0.15) is 11.9 Å². The molecule has 0 aliphatic carbocycles. The van der Waals surface area contributed by atoms with Crippen LogP contribution in [0.25, 0.3) is 11.1 Å². The van der Waals surface area contributed by atoms with Crippen molar-refractivity contribution in [3.63, 3.8) is 0 Å². The van der Waals surface area contributed by atoms with E-state index in [9.17, 15) is 4.39 Å². The van der Waals surface area contributed by atoms with Gasteiger partial charge in [0.2, 0.25) is 0 Å². The highest BCUT2D eigenvalue weighted by atomic mass is 19.1. The summed E-state index contributed by atoms with van der Waals surface area (Å²) in [6.45, 7) is 0. The van der Waals surface area contributed by atoms with Gasteiger partial charge in [-0.15, -0.1) is 0 Å². The molecule has 4 heteroatoms. The summed E-state index contributed by atoms with van der Waals surface area (Å²) in [6, 6.07) is 11.6. The number of hydrogen-bond acceptors (Lipinski definition) is 3. The number of methoxy groups -OCH3 is 2. The third kappa shape index (κ3) is 2.36. The van der Waals surface area contributed by atoms with E-state index in [1.807, 2.05) is 6.07 Å². The van der Waals surface area contributed by atoms with Crippen LogP contribution in [0.2, 0.25) is 0 Å². The molecule has 0 radical (unpaired) electrons. The fourth-order valence-corrected chi connectivity index (χ4v) is 1.85. The van der Waals surface area contributed by atoms with E-state index in [1.54, 1.807) is 30.3 Å². The molecular formula is C15H12FNO2. The monoisotopic (exact) mass is 257 g/mol. The molecule has 0 saturated heterocycles.